The van der Waals surface area contributed by atoms with Crippen molar-refractivity contribution in [3.8, 4) is 0 Å². The molecular formula is C19H28N4. The maximum Gasteiger partial charge on any atom is 0.137 e. The molecule has 5 rings (SSSR count). The number of hydrogen-bond acceptors (Lipinski definition) is 4. The monoisotopic (exact) mass is 312 g/mol. The lowest BCUT2D eigenvalue weighted by molar-refractivity contribution is 0.513. The van der Waals surface area contributed by atoms with E-state index in [2.05, 4.69) is 26.7 Å². The largest absolute Gasteiger partial charge is 0.356 e. The molecule has 2 aliphatic heterocycles. The summed E-state index contributed by atoms with van der Waals surface area (Å²) in [7, 11) is 0. The molecule has 0 spiro atoms. The van der Waals surface area contributed by atoms with E-state index >= 15 is 0 Å². The van der Waals surface area contributed by atoms with Gasteiger partial charge in [-0.2, -0.15) is 0 Å². The Morgan fingerprint density at radius 1 is 0.739 bits per heavy atom. The van der Waals surface area contributed by atoms with Gasteiger partial charge in [0, 0.05) is 31.7 Å². The van der Waals surface area contributed by atoms with Gasteiger partial charge in [0.1, 0.15) is 18.0 Å². The summed E-state index contributed by atoms with van der Waals surface area (Å²) in [6, 6.07) is 0. The highest BCUT2D eigenvalue weighted by Gasteiger charge is 2.38. The Morgan fingerprint density at radius 2 is 1.22 bits per heavy atom. The second kappa shape index (κ2) is 5.35. The first-order chi connectivity index (χ1) is 11.3. The average Bonchev–Trinajstić information content (AvgIpc) is 3.50. The zero-order valence-corrected chi connectivity index (χ0v) is 14.2. The summed E-state index contributed by atoms with van der Waals surface area (Å²) in [6.45, 7) is 7.03. The van der Waals surface area contributed by atoms with Gasteiger partial charge in [-0.25, -0.2) is 9.97 Å². The van der Waals surface area contributed by atoms with E-state index in [1.54, 1.807) is 6.33 Å². The molecule has 0 N–H and O–H groups in total. The number of nitrogens with zero attached hydrogens (tertiary/aromatic N) is 4. The number of rotatable bonds is 4. The van der Waals surface area contributed by atoms with Crippen LogP contribution in [0.15, 0.2) is 6.33 Å². The normalized spacial score (nSPS) is 31.2. The van der Waals surface area contributed by atoms with Crippen LogP contribution in [0, 0.1) is 30.6 Å². The van der Waals surface area contributed by atoms with Crippen molar-refractivity contribution in [2.24, 2.45) is 23.7 Å². The van der Waals surface area contributed by atoms with E-state index in [-0.39, 0.29) is 0 Å². The number of aromatic nitrogens is 2. The minimum atomic E-state index is 0.916. The van der Waals surface area contributed by atoms with Crippen LogP contribution >= 0.6 is 0 Å². The van der Waals surface area contributed by atoms with Crippen molar-refractivity contribution < 1.29 is 0 Å². The maximum absolute atomic E-state index is 4.66. The molecular weight excluding hydrogens is 284 g/mol. The first-order valence-corrected chi connectivity index (χ1v) is 9.61. The van der Waals surface area contributed by atoms with Crippen LogP contribution in [0.2, 0.25) is 0 Å². The molecule has 2 aliphatic carbocycles. The van der Waals surface area contributed by atoms with Gasteiger partial charge in [0.25, 0.3) is 0 Å². The third-order valence-corrected chi connectivity index (χ3v) is 6.66. The molecule has 0 aromatic carbocycles. The van der Waals surface area contributed by atoms with Crippen LogP contribution in [-0.2, 0) is 0 Å². The van der Waals surface area contributed by atoms with Crippen molar-refractivity contribution in [3.05, 3.63) is 11.9 Å². The highest BCUT2D eigenvalue weighted by Crippen LogP contribution is 2.44. The second-order valence-electron chi connectivity index (χ2n) is 8.31. The molecule has 4 nitrogen and oxygen atoms in total. The molecule has 0 radical (unpaired) electrons. The van der Waals surface area contributed by atoms with Crippen molar-refractivity contribution in [2.75, 3.05) is 36.0 Å². The fourth-order valence-corrected chi connectivity index (χ4v) is 4.93. The van der Waals surface area contributed by atoms with E-state index in [9.17, 15) is 0 Å². The maximum atomic E-state index is 4.66. The standard InChI is InChI=1S/C19H28N4/c1-13-18(22-8-6-16(10-22)14-2-3-14)20-12-21-19(13)23-9-7-17(11-23)15-4-5-15/h12,14-17H,2-11H2,1H3. The Morgan fingerprint density at radius 3 is 1.65 bits per heavy atom. The Hall–Kier alpha value is -1.32. The topological polar surface area (TPSA) is 32.3 Å². The fraction of sp³-hybridized carbons (Fsp3) is 0.789. The van der Waals surface area contributed by atoms with Gasteiger partial charge in [0.05, 0.1) is 0 Å². The second-order valence-corrected chi connectivity index (χ2v) is 8.31. The smallest absolute Gasteiger partial charge is 0.137 e. The molecule has 0 amide bonds. The summed E-state index contributed by atoms with van der Waals surface area (Å²) in [4.78, 5) is 14.4. The van der Waals surface area contributed by atoms with Gasteiger partial charge in [-0.3, -0.25) is 0 Å². The van der Waals surface area contributed by atoms with E-state index in [1.165, 1.54) is 81.9 Å². The number of anilines is 2. The molecule has 124 valence electrons. The molecule has 4 fully saturated rings. The number of hydrogen-bond donors (Lipinski definition) is 0. The third kappa shape index (κ3) is 2.60. The highest BCUT2D eigenvalue weighted by atomic mass is 15.3. The van der Waals surface area contributed by atoms with Gasteiger partial charge in [0.15, 0.2) is 0 Å². The first-order valence-electron chi connectivity index (χ1n) is 9.61. The summed E-state index contributed by atoms with van der Waals surface area (Å²) >= 11 is 0. The Balaban J connectivity index is 1.34. The van der Waals surface area contributed by atoms with Crippen molar-refractivity contribution in [3.63, 3.8) is 0 Å². The molecule has 4 heteroatoms. The van der Waals surface area contributed by atoms with Crippen molar-refractivity contribution in [1.82, 2.24) is 9.97 Å². The van der Waals surface area contributed by atoms with E-state index in [4.69, 9.17) is 0 Å². The molecule has 2 saturated heterocycles. The molecule has 3 heterocycles. The minimum Gasteiger partial charge on any atom is -0.356 e. The molecule has 2 atom stereocenters. The molecule has 2 saturated carbocycles. The minimum absolute atomic E-state index is 0.916. The summed E-state index contributed by atoms with van der Waals surface area (Å²) in [5, 5.41) is 0. The molecule has 0 bridgehead atoms. The average molecular weight is 312 g/mol. The zero-order chi connectivity index (χ0) is 15.4. The van der Waals surface area contributed by atoms with Crippen LogP contribution < -0.4 is 9.80 Å². The van der Waals surface area contributed by atoms with Crippen LogP contribution in [0.5, 0.6) is 0 Å². The van der Waals surface area contributed by atoms with Gasteiger partial charge in [-0.1, -0.05) is 0 Å². The van der Waals surface area contributed by atoms with Crippen molar-refractivity contribution in [1.29, 1.82) is 0 Å². The molecule has 23 heavy (non-hydrogen) atoms. The van der Waals surface area contributed by atoms with E-state index in [0.717, 1.165) is 23.7 Å². The van der Waals surface area contributed by atoms with E-state index in [0.29, 0.717) is 0 Å². The Labute approximate surface area is 139 Å². The van der Waals surface area contributed by atoms with Crippen molar-refractivity contribution in [2.45, 2.75) is 45.4 Å². The molecule has 1 aromatic rings. The Bertz CT molecular complexity index is 545. The highest BCUT2D eigenvalue weighted by molar-refractivity contribution is 5.60. The summed E-state index contributed by atoms with van der Waals surface area (Å²) in [5.74, 6) is 6.26. The molecule has 1 aromatic heterocycles. The van der Waals surface area contributed by atoms with Crippen LogP contribution in [0.1, 0.15) is 44.1 Å². The molecule has 2 unspecified atom stereocenters. The summed E-state index contributed by atoms with van der Waals surface area (Å²) < 4.78 is 0. The Kier molecular flexibility index (Phi) is 3.27. The van der Waals surface area contributed by atoms with Crippen molar-refractivity contribution >= 4 is 11.6 Å². The van der Waals surface area contributed by atoms with Gasteiger partial charge in [0.2, 0.25) is 0 Å². The van der Waals surface area contributed by atoms with Gasteiger partial charge >= 0.3 is 0 Å². The van der Waals surface area contributed by atoms with Gasteiger partial charge in [-0.15, -0.1) is 0 Å². The van der Waals surface area contributed by atoms with Gasteiger partial charge in [-0.05, 0) is 69.1 Å². The van der Waals surface area contributed by atoms with Crippen LogP contribution in [-0.4, -0.2) is 36.1 Å². The van der Waals surface area contributed by atoms with Crippen LogP contribution in [0.3, 0.4) is 0 Å². The summed E-state index contributed by atoms with van der Waals surface area (Å²) in [6.07, 6.45) is 10.4. The third-order valence-electron chi connectivity index (χ3n) is 6.66. The quantitative estimate of drug-likeness (QED) is 0.854. The fourth-order valence-electron chi connectivity index (χ4n) is 4.93. The predicted molar refractivity (Wildman–Crippen MR) is 92.9 cm³/mol. The molecule has 4 aliphatic rings. The zero-order valence-electron chi connectivity index (χ0n) is 14.2. The van der Waals surface area contributed by atoms with E-state index < -0.39 is 0 Å². The van der Waals surface area contributed by atoms with Crippen LogP contribution in [0.4, 0.5) is 11.6 Å². The predicted octanol–water partition coefficient (Wildman–Crippen LogP) is 3.26. The lowest BCUT2D eigenvalue weighted by Crippen LogP contribution is -2.26. The SMILES string of the molecule is Cc1c(N2CCC(C3CC3)C2)ncnc1N1CCC(C2CC2)C1. The lowest BCUT2D eigenvalue weighted by Gasteiger charge is -2.24. The lowest BCUT2D eigenvalue weighted by atomic mass is 10.0. The summed E-state index contributed by atoms with van der Waals surface area (Å²) in [5.41, 5.74) is 1.31. The van der Waals surface area contributed by atoms with Gasteiger partial charge < -0.3 is 9.80 Å². The van der Waals surface area contributed by atoms with E-state index in [1.807, 2.05) is 0 Å². The van der Waals surface area contributed by atoms with Crippen LogP contribution in [0.25, 0.3) is 0 Å². The first kappa shape index (κ1) is 14.1.